The zero-order chi connectivity index (χ0) is 9.14. The van der Waals surface area contributed by atoms with Crippen LogP contribution < -0.4 is 0 Å². The lowest BCUT2D eigenvalue weighted by atomic mass is 10.3. The Balaban J connectivity index is 3.37. The first-order chi connectivity index (χ1) is 5.65. The van der Waals surface area contributed by atoms with E-state index in [1.54, 1.807) is 6.07 Å². The summed E-state index contributed by atoms with van der Waals surface area (Å²) in [4.78, 5) is 2.50. The number of halogens is 3. The molecule has 3 nitrogen and oxygen atoms in total. The van der Waals surface area contributed by atoms with Gasteiger partial charge in [-0.05, 0) is 17.7 Å². The molecule has 0 spiro atoms. The Bertz CT molecular complexity index is 337. The molecule has 0 amide bonds. The normalized spacial score (nSPS) is 9.25. The summed E-state index contributed by atoms with van der Waals surface area (Å²) in [5.41, 5.74) is 8.07. The topological polar surface area (TPSA) is 48.8 Å². The predicted molar refractivity (Wildman–Crippen MR) is 50.6 cm³/mol. The smallest absolute Gasteiger partial charge is 0.135 e. The Kier molecular flexibility index (Phi) is 3.08. The minimum Gasteiger partial charge on any atom is -0.206 e. The molecule has 0 aliphatic rings. The second-order valence-corrected chi connectivity index (χ2v) is 3.68. The maximum Gasteiger partial charge on any atom is 0.135 e. The molecule has 1 rings (SSSR count). The van der Waals surface area contributed by atoms with E-state index >= 15 is 0 Å². The largest absolute Gasteiger partial charge is 0.206 e. The van der Waals surface area contributed by atoms with Crippen molar-refractivity contribution in [2.24, 2.45) is 5.11 Å². The van der Waals surface area contributed by atoms with Crippen LogP contribution in [0.25, 0.3) is 10.4 Å². The number of hydrogen-bond donors (Lipinski definition) is 0. The minimum atomic E-state index is -0.561. The maximum atomic E-state index is 13.0. The highest BCUT2D eigenvalue weighted by Crippen LogP contribution is 2.31. The SMILES string of the molecule is [N-]=[N+]=Nc1c(F)cc(Br)cc1Br. The molecule has 0 saturated heterocycles. The van der Waals surface area contributed by atoms with Crippen molar-refractivity contribution in [3.8, 4) is 0 Å². The Morgan fingerprint density at radius 2 is 2.08 bits per heavy atom. The maximum absolute atomic E-state index is 13.0. The molecule has 6 heteroatoms. The molecule has 0 bridgehead atoms. The molecule has 0 atom stereocenters. The summed E-state index contributed by atoms with van der Waals surface area (Å²) in [6.45, 7) is 0. The van der Waals surface area contributed by atoms with Crippen molar-refractivity contribution >= 4 is 37.5 Å². The molecular formula is C6H2Br2FN3. The van der Waals surface area contributed by atoms with E-state index in [1.165, 1.54) is 6.07 Å². The van der Waals surface area contributed by atoms with Gasteiger partial charge < -0.3 is 0 Å². The lowest BCUT2D eigenvalue weighted by Crippen LogP contribution is -1.77. The van der Waals surface area contributed by atoms with Gasteiger partial charge in [0.1, 0.15) is 5.82 Å². The van der Waals surface area contributed by atoms with Crippen LogP contribution in [0.3, 0.4) is 0 Å². The van der Waals surface area contributed by atoms with E-state index < -0.39 is 5.82 Å². The molecule has 1 aromatic carbocycles. The fourth-order valence-electron chi connectivity index (χ4n) is 0.675. The van der Waals surface area contributed by atoms with Gasteiger partial charge in [-0.1, -0.05) is 37.0 Å². The highest BCUT2D eigenvalue weighted by atomic mass is 79.9. The van der Waals surface area contributed by atoms with Crippen molar-refractivity contribution in [1.29, 1.82) is 0 Å². The van der Waals surface area contributed by atoms with Crippen LogP contribution in [-0.4, -0.2) is 0 Å². The molecule has 0 aliphatic carbocycles. The van der Waals surface area contributed by atoms with Crippen LogP contribution in [0, 0.1) is 5.82 Å². The van der Waals surface area contributed by atoms with E-state index in [1.807, 2.05) is 0 Å². The van der Waals surface area contributed by atoms with Crippen molar-refractivity contribution in [2.45, 2.75) is 0 Å². The summed E-state index contributed by atoms with van der Waals surface area (Å²) in [5, 5.41) is 3.18. The van der Waals surface area contributed by atoms with Crippen LogP contribution in [0.5, 0.6) is 0 Å². The second-order valence-electron chi connectivity index (χ2n) is 1.91. The van der Waals surface area contributed by atoms with Crippen molar-refractivity contribution in [1.82, 2.24) is 0 Å². The van der Waals surface area contributed by atoms with Gasteiger partial charge in [-0.15, -0.1) is 0 Å². The summed E-state index contributed by atoms with van der Waals surface area (Å²) in [6.07, 6.45) is 0. The van der Waals surface area contributed by atoms with Crippen LogP contribution in [0.15, 0.2) is 26.2 Å². The highest BCUT2D eigenvalue weighted by molar-refractivity contribution is 9.11. The van der Waals surface area contributed by atoms with Gasteiger partial charge in [-0.3, -0.25) is 0 Å². The number of azide groups is 1. The molecule has 0 fully saturated rings. The minimum absolute atomic E-state index is 0.0271. The van der Waals surface area contributed by atoms with E-state index in [2.05, 4.69) is 41.9 Å². The fourth-order valence-corrected chi connectivity index (χ4v) is 1.93. The van der Waals surface area contributed by atoms with Crippen LogP contribution in [0.1, 0.15) is 0 Å². The summed E-state index contributed by atoms with van der Waals surface area (Å²) >= 11 is 6.16. The summed E-state index contributed by atoms with van der Waals surface area (Å²) < 4.78 is 14.0. The molecular weight excluding hydrogens is 293 g/mol. The van der Waals surface area contributed by atoms with Crippen molar-refractivity contribution in [2.75, 3.05) is 0 Å². The average Bonchev–Trinajstić information content (AvgIpc) is 1.96. The second kappa shape index (κ2) is 3.89. The van der Waals surface area contributed by atoms with E-state index in [-0.39, 0.29) is 5.69 Å². The lowest BCUT2D eigenvalue weighted by molar-refractivity contribution is 0.628. The lowest BCUT2D eigenvalue weighted by Gasteiger charge is -1.99. The number of rotatable bonds is 1. The van der Waals surface area contributed by atoms with Gasteiger partial charge in [0.05, 0.1) is 5.69 Å². The molecule has 0 heterocycles. The zero-order valence-electron chi connectivity index (χ0n) is 5.63. The molecule has 0 aliphatic heterocycles. The average molecular weight is 295 g/mol. The van der Waals surface area contributed by atoms with E-state index in [0.29, 0.717) is 8.95 Å². The molecule has 0 N–H and O–H groups in total. The van der Waals surface area contributed by atoms with Crippen molar-refractivity contribution in [3.05, 3.63) is 37.3 Å². The van der Waals surface area contributed by atoms with Gasteiger partial charge in [-0.25, -0.2) is 4.39 Å². The third-order valence-electron chi connectivity index (χ3n) is 1.13. The Hall–Kier alpha value is -0.580. The van der Waals surface area contributed by atoms with Crippen LogP contribution in [0.4, 0.5) is 10.1 Å². The Morgan fingerprint density at radius 1 is 1.42 bits per heavy atom. The monoisotopic (exact) mass is 293 g/mol. The van der Waals surface area contributed by atoms with E-state index in [0.717, 1.165) is 0 Å². The summed E-state index contributed by atoms with van der Waals surface area (Å²) in [5.74, 6) is -0.561. The molecule has 0 unspecified atom stereocenters. The molecule has 62 valence electrons. The molecule has 0 aromatic heterocycles. The third kappa shape index (κ3) is 1.97. The van der Waals surface area contributed by atoms with Crippen molar-refractivity contribution < 1.29 is 4.39 Å². The molecule has 0 radical (unpaired) electrons. The van der Waals surface area contributed by atoms with Gasteiger partial charge in [-0.2, -0.15) is 0 Å². The van der Waals surface area contributed by atoms with Crippen LogP contribution in [-0.2, 0) is 0 Å². The fraction of sp³-hybridized carbons (Fsp3) is 0. The molecule has 12 heavy (non-hydrogen) atoms. The summed E-state index contributed by atoms with van der Waals surface area (Å²) in [6, 6.07) is 2.84. The van der Waals surface area contributed by atoms with Gasteiger partial charge in [0, 0.05) is 13.9 Å². The zero-order valence-corrected chi connectivity index (χ0v) is 8.80. The first-order valence-electron chi connectivity index (χ1n) is 2.85. The standard InChI is InChI=1S/C6H2Br2FN3/c7-3-1-4(8)6(11-12-10)5(9)2-3/h1-2H. The first kappa shape index (κ1) is 9.51. The number of hydrogen-bond acceptors (Lipinski definition) is 1. The first-order valence-corrected chi connectivity index (χ1v) is 4.43. The highest BCUT2D eigenvalue weighted by Gasteiger charge is 2.05. The van der Waals surface area contributed by atoms with Crippen LogP contribution >= 0.6 is 31.9 Å². The van der Waals surface area contributed by atoms with E-state index in [4.69, 9.17) is 5.53 Å². The van der Waals surface area contributed by atoms with Gasteiger partial charge in [0.15, 0.2) is 0 Å². The Morgan fingerprint density at radius 3 is 2.58 bits per heavy atom. The molecule has 0 saturated carbocycles. The Labute approximate surface area is 84.5 Å². The molecule has 1 aromatic rings. The number of nitrogens with zero attached hydrogens (tertiary/aromatic N) is 3. The van der Waals surface area contributed by atoms with E-state index in [9.17, 15) is 4.39 Å². The van der Waals surface area contributed by atoms with Gasteiger partial charge >= 0.3 is 0 Å². The quantitative estimate of drug-likeness (QED) is 0.421. The number of benzene rings is 1. The van der Waals surface area contributed by atoms with Crippen LogP contribution in [0.2, 0.25) is 0 Å². The van der Waals surface area contributed by atoms with Gasteiger partial charge in [0.25, 0.3) is 0 Å². The van der Waals surface area contributed by atoms with Gasteiger partial charge in [0.2, 0.25) is 0 Å². The van der Waals surface area contributed by atoms with Crippen molar-refractivity contribution in [3.63, 3.8) is 0 Å². The summed E-state index contributed by atoms with van der Waals surface area (Å²) in [7, 11) is 0. The third-order valence-corrected chi connectivity index (χ3v) is 2.19. The predicted octanol–water partition coefficient (Wildman–Crippen LogP) is 4.29.